The lowest BCUT2D eigenvalue weighted by Gasteiger charge is -2.27. The Morgan fingerprint density at radius 3 is 2.82 bits per heavy atom. The zero-order chi connectivity index (χ0) is 15.5. The third-order valence-corrected chi connectivity index (χ3v) is 4.66. The van der Waals surface area contributed by atoms with Gasteiger partial charge in [0, 0.05) is 23.5 Å². The fourth-order valence-corrected chi connectivity index (χ4v) is 3.22. The van der Waals surface area contributed by atoms with Gasteiger partial charge in [-0.1, -0.05) is 25.1 Å². The molecule has 22 heavy (non-hydrogen) atoms. The van der Waals surface area contributed by atoms with Crippen molar-refractivity contribution in [2.75, 3.05) is 0 Å². The third-order valence-electron chi connectivity index (χ3n) is 4.66. The summed E-state index contributed by atoms with van der Waals surface area (Å²) >= 11 is 0. The molecule has 1 heterocycles. The van der Waals surface area contributed by atoms with Crippen molar-refractivity contribution in [1.82, 2.24) is 4.98 Å². The zero-order valence-electron chi connectivity index (χ0n) is 13.0. The van der Waals surface area contributed by atoms with Crippen LogP contribution in [-0.4, -0.2) is 23.1 Å². The second-order valence-corrected chi connectivity index (χ2v) is 6.49. The molecule has 0 bridgehead atoms. The number of H-pyrrole nitrogens is 1. The monoisotopic (exact) mass is 300 g/mol. The molecule has 118 valence electrons. The van der Waals surface area contributed by atoms with Crippen molar-refractivity contribution in [3.8, 4) is 0 Å². The van der Waals surface area contributed by atoms with Crippen molar-refractivity contribution < 1.29 is 9.53 Å². The molecule has 0 unspecified atom stereocenters. The molecule has 1 atom stereocenters. The maximum Gasteiger partial charge on any atom is 0.323 e. The molecule has 1 aromatic carbocycles. The van der Waals surface area contributed by atoms with Crippen LogP contribution in [0.15, 0.2) is 30.5 Å². The summed E-state index contributed by atoms with van der Waals surface area (Å²) in [5, 5.41) is 1.12. The summed E-state index contributed by atoms with van der Waals surface area (Å²) in [6.07, 6.45) is 6.69. The molecule has 0 aliphatic heterocycles. The van der Waals surface area contributed by atoms with Crippen molar-refractivity contribution in [3.63, 3.8) is 0 Å². The molecule has 1 fully saturated rings. The average molecular weight is 300 g/mol. The molecule has 3 N–H and O–H groups in total. The number of hydrogen-bond acceptors (Lipinski definition) is 3. The van der Waals surface area contributed by atoms with E-state index in [1.54, 1.807) is 0 Å². The Bertz CT molecular complexity index is 641. The fourth-order valence-electron chi connectivity index (χ4n) is 3.22. The number of para-hydroxylation sites is 1. The van der Waals surface area contributed by atoms with Gasteiger partial charge in [-0.3, -0.25) is 4.79 Å². The number of fused-ring (bicyclic) bond motifs is 1. The highest BCUT2D eigenvalue weighted by atomic mass is 16.5. The van der Waals surface area contributed by atoms with Crippen LogP contribution in [0.4, 0.5) is 0 Å². The van der Waals surface area contributed by atoms with Crippen LogP contribution in [0, 0.1) is 5.92 Å². The number of nitrogens with two attached hydrogens (primary N) is 1. The molecular formula is C18H24N2O2. The minimum Gasteiger partial charge on any atom is -0.461 e. The van der Waals surface area contributed by atoms with E-state index in [2.05, 4.69) is 11.9 Å². The lowest BCUT2D eigenvalue weighted by Crippen LogP contribution is -2.37. The second-order valence-electron chi connectivity index (χ2n) is 6.49. The molecule has 0 radical (unpaired) electrons. The topological polar surface area (TPSA) is 68.1 Å². The normalized spacial score (nSPS) is 23.4. The number of benzene rings is 1. The Morgan fingerprint density at radius 2 is 2.05 bits per heavy atom. The van der Waals surface area contributed by atoms with E-state index in [1.807, 2.05) is 30.5 Å². The van der Waals surface area contributed by atoms with Gasteiger partial charge in [0.15, 0.2) is 0 Å². The molecule has 1 aromatic heterocycles. The van der Waals surface area contributed by atoms with Crippen molar-refractivity contribution in [2.45, 2.75) is 51.2 Å². The molecule has 1 aliphatic carbocycles. The quantitative estimate of drug-likeness (QED) is 0.852. The first-order valence-electron chi connectivity index (χ1n) is 8.14. The van der Waals surface area contributed by atoms with Crippen LogP contribution in [0.5, 0.6) is 0 Å². The molecule has 1 aliphatic rings. The van der Waals surface area contributed by atoms with Gasteiger partial charge in [0.05, 0.1) is 0 Å². The predicted octanol–water partition coefficient (Wildman–Crippen LogP) is 3.16. The minimum absolute atomic E-state index is 0.0534. The molecule has 4 nitrogen and oxygen atoms in total. The molecule has 2 aromatic rings. The highest BCUT2D eigenvalue weighted by Crippen LogP contribution is 2.26. The summed E-state index contributed by atoms with van der Waals surface area (Å²) < 4.78 is 5.59. The maximum atomic E-state index is 12.2. The van der Waals surface area contributed by atoms with Gasteiger partial charge in [-0.25, -0.2) is 0 Å². The van der Waals surface area contributed by atoms with E-state index in [-0.39, 0.29) is 12.1 Å². The third kappa shape index (κ3) is 3.33. The Kier molecular flexibility index (Phi) is 4.48. The number of aromatic nitrogens is 1. The van der Waals surface area contributed by atoms with Gasteiger partial charge in [0.1, 0.15) is 12.1 Å². The Morgan fingerprint density at radius 1 is 1.32 bits per heavy atom. The smallest absolute Gasteiger partial charge is 0.323 e. The number of hydrogen-bond donors (Lipinski definition) is 2. The van der Waals surface area contributed by atoms with Crippen LogP contribution < -0.4 is 5.73 Å². The first-order chi connectivity index (χ1) is 10.6. The number of nitrogens with one attached hydrogen (secondary N) is 1. The number of ether oxygens (including phenoxy) is 1. The van der Waals surface area contributed by atoms with Crippen molar-refractivity contribution in [2.24, 2.45) is 11.7 Å². The summed E-state index contributed by atoms with van der Waals surface area (Å²) in [6, 6.07) is 7.44. The summed E-state index contributed by atoms with van der Waals surface area (Å²) in [7, 11) is 0. The van der Waals surface area contributed by atoms with Crippen LogP contribution in [0.2, 0.25) is 0 Å². The highest BCUT2D eigenvalue weighted by Gasteiger charge is 2.25. The molecule has 0 saturated heterocycles. The second kappa shape index (κ2) is 6.53. The average Bonchev–Trinajstić information content (AvgIpc) is 2.93. The minimum atomic E-state index is -0.599. The molecular weight excluding hydrogens is 276 g/mol. The van der Waals surface area contributed by atoms with Crippen LogP contribution in [0.3, 0.4) is 0 Å². The van der Waals surface area contributed by atoms with Crippen molar-refractivity contribution in [3.05, 3.63) is 36.0 Å². The standard InChI is InChI=1S/C18H24N2O2/c1-12-6-8-14(9-7-12)22-18(21)16(19)10-13-11-20-17-5-3-2-4-15(13)17/h2-5,11-12,14,16,20H,6-10,19H2,1H3/t12?,14?,16-/m0/s1. The lowest BCUT2D eigenvalue weighted by atomic mass is 9.89. The molecule has 3 rings (SSSR count). The summed E-state index contributed by atoms with van der Waals surface area (Å²) in [5.74, 6) is 0.472. The van der Waals surface area contributed by atoms with E-state index in [9.17, 15) is 4.79 Å². The van der Waals surface area contributed by atoms with Gasteiger partial charge in [-0.05, 0) is 43.2 Å². The number of aromatic amines is 1. The first kappa shape index (κ1) is 15.1. The van der Waals surface area contributed by atoms with Gasteiger partial charge >= 0.3 is 5.97 Å². The summed E-state index contributed by atoms with van der Waals surface area (Å²) in [6.45, 7) is 2.25. The SMILES string of the molecule is CC1CCC(OC(=O)[C@@H](N)Cc2c[nH]c3ccccc23)CC1. The van der Waals surface area contributed by atoms with Gasteiger partial charge in [0.2, 0.25) is 0 Å². The van der Waals surface area contributed by atoms with Gasteiger partial charge in [0.25, 0.3) is 0 Å². The highest BCUT2D eigenvalue weighted by molar-refractivity contribution is 5.84. The van der Waals surface area contributed by atoms with Crippen LogP contribution in [0.25, 0.3) is 10.9 Å². The number of rotatable bonds is 4. The predicted molar refractivity (Wildman–Crippen MR) is 87.5 cm³/mol. The molecule has 0 amide bonds. The van der Waals surface area contributed by atoms with Crippen LogP contribution in [0.1, 0.15) is 38.2 Å². The molecule has 4 heteroatoms. The van der Waals surface area contributed by atoms with Crippen LogP contribution in [-0.2, 0) is 16.0 Å². The summed E-state index contributed by atoms with van der Waals surface area (Å²) in [4.78, 5) is 15.4. The Labute approximate surface area is 131 Å². The Hall–Kier alpha value is -1.81. The van der Waals surface area contributed by atoms with Gasteiger partial charge < -0.3 is 15.5 Å². The number of esters is 1. The van der Waals surface area contributed by atoms with Crippen LogP contribution >= 0.6 is 0 Å². The molecule has 0 spiro atoms. The Balaban J connectivity index is 1.59. The maximum absolute atomic E-state index is 12.2. The van der Waals surface area contributed by atoms with Crippen molar-refractivity contribution >= 4 is 16.9 Å². The van der Waals surface area contributed by atoms with E-state index in [4.69, 9.17) is 10.5 Å². The first-order valence-corrected chi connectivity index (χ1v) is 8.14. The van der Waals surface area contributed by atoms with E-state index in [1.165, 1.54) is 0 Å². The fraction of sp³-hybridized carbons (Fsp3) is 0.500. The van der Waals surface area contributed by atoms with Gasteiger partial charge in [-0.2, -0.15) is 0 Å². The summed E-state index contributed by atoms with van der Waals surface area (Å²) in [5.41, 5.74) is 8.19. The molecule has 1 saturated carbocycles. The van der Waals surface area contributed by atoms with E-state index >= 15 is 0 Å². The zero-order valence-corrected chi connectivity index (χ0v) is 13.0. The van der Waals surface area contributed by atoms with E-state index < -0.39 is 6.04 Å². The van der Waals surface area contributed by atoms with E-state index in [0.29, 0.717) is 6.42 Å². The van der Waals surface area contributed by atoms with Gasteiger partial charge in [-0.15, -0.1) is 0 Å². The largest absolute Gasteiger partial charge is 0.461 e. The van der Waals surface area contributed by atoms with Crippen molar-refractivity contribution in [1.29, 1.82) is 0 Å². The number of carbonyl (C=O) groups excluding carboxylic acids is 1. The lowest BCUT2D eigenvalue weighted by molar-refractivity contribution is -0.152. The van der Waals surface area contributed by atoms with E-state index in [0.717, 1.165) is 48.1 Å². The number of carbonyl (C=O) groups is 1.